The van der Waals surface area contributed by atoms with Crippen molar-refractivity contribution in [3.05, 3.63) is 0 Å². The van der Waals surface area contributed by atoms with Gasteiger partial charge in [0.15, 0.2) is 0 Å². The molecule has 0 saturated carbocycles. The van der Waals surface area contributed by atoms with Crippen molar-refractivity contribution < 1.29 is 18.9 Å². The fourth-order valence-electron chi connectivity index (χ4n) is 1.61. The molecule has 2 unspecified atom stereocenters. The summed E-state index contributed by atoms with van der Waals surface area (Å²) in [7, 11) is 0. The molecule has 0 spiro atoms. The molecule has 2 atom stereocenters. The van der Waals surface area contributed by atoms with Crippen LogP contribution >= 0.6 is 11.8 Å². The van der Waals surface area contributed by atoms with Crippen molar-refractivity contribution in [2.75, 3.05) is 45.4 Å². The van der Waals surface area contributed by atoms with E-state index in [2.05, 4.69) is 13.8 Å². The van der Waals surface area contributed by atoms with Crippen LogP contribution in [0.3, 0.4) is 0 Å². The highest BCUT2D eigenvalue weighted by Gasteiger charge is 2.30. The zero-order valence-corrected chi connectivity index (χ0v) is 11.5. The lowest BCUT2D eigenvalue weighted by atomic mass is 10.2. The average Bonchev–Trinajstić information content (AvgIpc) is 3.13. The van der Waals surface area contributed by atoms with Gasteiger partial charge < -0.3 is 18.9 Å². The highest BCUT2D eigenvalue weighted by Crippen LogP contribution is 2.26. The Morgan fingerprint density at radius 3 is 1.94 bits per heavy atom. The lowest BCUT2D eigenvalue weighted by molar-refractivity contribution is 0.0490. The Labute approximate surface area is 107 Å². The maximum absolute atomic E-state index is 5.69. The maximum atomic E-state index is 5.69. The Morgan fingerprint density at radius 2 is 1.59 bits per heavy atom. The minimum atomic E-state index is 0.0402. The molecule has 4 nitrogen and oxygen atoms in total. The molecular weight excluding hydrogens is 240 g/mol. The Morgan fingerprint density at radius 1 is 1.12 bits per heavy atom. The third kappa shape index (κ3) is 5.57. The number of hydrogen-bond acceptors (Lipinski definition) is 5. The molecule has 0 aromatic rings. The third-order valence-corrected chi connectivity index (χ3v) is 3.94. The van der Waals surface area contributed by atoms with Gasteiger partial charge in [0.2, 0.25) is 0 Å². The van der Waals surface area contributed by atoms with Crippen LogP contribution in [0.2, 0.25) is 0 Å². The molecule has 2 heterocycles. The summed E-state index contributed by atoms with van der Waals surface area (Å²) in [6.07, 6.45) is 0.679. The molecule has 2 rings (SSSR count). The summed E-state index contributed by atoms with van der Waals surface area (Å²) in [5.74, 6) is 1.07. The summed E-state index contributed by atoms with van der Waals surface area (Å²) in [5, 5.41) is 0. The van der Waals surface area contributed by atoms with Gasteiger partial charge in [-0.1, -0.05) is 6.92 Å². The van der Waals surface area contributed by atoms with Crippen LogP contribution in [0.4, 0.5) is 0 Å². The van der Waals surface area contributed by atoms with Gasteiger partial charge in [0, 0.05) is 0 Å². The van der Waals surface area contributed by atoms with Crippen molar-refractivity contribution >= 4 is 11.8 Å². The van der Waals surface area contributed by atoms with E-state index in [9.17, 15) is 0 Å². The Balaban J connectivity index is 1.62. The minimum absolute atomic E-state index is 0.0402. The van der Waals surface area contributed by atoms with E-state index >= 15 is 0 Å². The molecule has 0 N–H and O–H groups in total. The Kier molecular flexibility index (Phi) is 5.11. The van der Waals surface area contributed by atoms with E-state index < -0.39 is 0 Å². The van der Waals surface area contributed by atoms with Gasteiger partial charge in [0.1, 0.15) is 12.2 Å². The second kappa shape index (κ2) is 6.38. The fourth-order valence-corrected chi connectivity index (χ4v) is 2.64. The molecular formula is C12H22O4S. The zero-order valence-electron chi connectivity index (χ0n) is 10.6. The molecule has 0 radical (unpaired) electrons. The molecule has 0 aromatic heterocycles. The highest BCUT2D eigenvalue weighted by molar-refractivity contribution is 8.00. The second-order valence-electron chi connectivity index (χ2n) is 4.82. The smallest absolute Gasteiger partial charge is 0.104 e. The molecule has 0 amide bonds. The van der Waals surface area contributed by atoms with Gasteiger partial charge in [-0.25, -0.2) is 0 Å². The molecule has 0 aromatic carbocycles. The normalized spacial score (nSPS) is 30.0. The molecule has 2 aliphatic heterocycles. The molecule has 5 heteroatoms. The van der Waals surface area contributed by atoms with E-state index in [1.807, 2.05) is 11.8 Å². The van der Waals surface area contributed by atoms with Crippen molar-refractivity contribution in [3.8, 4) is 0 Å². The Bertz CT molecular complexity index is 211. The van der Waals surface area contributed by atoms with Gasteiger partial charge in [0.25, 0.3) is 0 Å². The second-order valence-corrected chi connectivity index (χ2v) is 6.68. The molecule has 0 bridgehead atoms. The van der Waals surface area contributed by atoms with Crippen LogP contribution in [-0.4, -0.2) is 62.3 Å². The van der Waals surface area contributed by atoms with Crippen molar-refractivity contribution in [2.24, 2.45) is 0 Å². The van der Waals surface area contributed by atoms with Gasteiger partial charge in [-0.05, 0) is 12.7 Å². The van der Waals surface area contributed by atoms with Gasteiger partial charge in [-0.2, -0.15) is 11.8 Å². The molecule has 100 valence electrons. The van der Waals surface area contributed by atoms with Crippen LogP contribution in [0.1, 0.15) is 13.8 Å². The first-order valence-electron chi connectivity index (χ1n) is 6.24. The SMILES string of the molecule is CCSC(C)(COCC1CO1)COCC1CO1. The van der Waals surface area contributed by atoms with Crippen molar-refractivity contribution in [1.82, 2.24) is 0 Å². The maximum Gasteiger partial charge on any atom is 0.104 e. The topological polar surface area (TPSA) is 43.5 Å². The van der Waals surface area contributed by atoms with E-state index in [1.165, 1.54) is 0 Å². The van der Waals surface area contributed by atoms with Gasteiger partial charge in [-0.15, -0.1) is 0 Å². The number of rotatable bonds is 10. The van der Waals surface area contributed by atoms with E-state index in [-0.39, 0.29) is 4.75 Å². The van der Waals surface area contributed by atoms with Gasteiger partial charge in [0.05, 0.1) is 44.4 Å². The van der Waals surface area contributed by atoms with Crippen LogP contribution in [0.25, 0.3) is 0 Å². The largest absolute Gasteiger partial charge is 0.377 e. The lowest BCUT2D eigenvalue weighted by Crippen LogP contribution is -2.34. The highest BCUT2D eigenvalue weighted by atomic mass is 32.2. The standard InChI is InChI=1S/C12H22O4S/c1-3-17-12(2,8-13-4-10-6-15-10)9-14-5-11-7-16-11/h10-11H,3-9H2,1-2H3. The lowest BCUT2D eigenvalue weighted by Gasteiger charge is -2.28. The van der Waals surface area contributed by atoms with Crippen LogP contribution < -0.4 is 0 Å². The summed E-state index contributed by atoms with van der Waals surface area (Å²) < 4.78 is 21.7. The number of hydrogen-bond donors (Lipinski definition) is 0. The quantitative estimate of drug-likeness (QED) is 0.556. The third-order valence-electron chi connectivity index (χ3n) is 2.72. The summed E-state index contributed by atoms with van der Waals surface area (Å²) >= 11 is 1.89. The van der Waals surface area contributed by atoms with Gasteiger partial charge in [-0.3, -0.25) is 0 Å². The van der Waals surface area contributed by atoms with Crippen LogP contribution in [0, 0.1) is 0 Å². The fraction of sp³-hybridized carbons (Fsp3) is 1.00. The average molecular weight is 262 g/mol. The summed E-state index contributed by atoms with van der Waals surface area (Å²) in [6.45, 7) is 8.94. The molecule has 2 fully saturated rings. The molecule has 0 aliphatic carbocycles. The van der Waals surface area contributed by atoms with Crippen LogP contribution in [0.15, 0.2) is 0 Å². The summed E-state index contributed by atoms with van der Waals surface area (Å²) in [4.78, 5) is 0. The van der Waals surface area contributed by atoms with Crippen LogP contribution in [-0.2, 0) is 18.9 Å². The summed E-state index contributed by atoms with van der Waals surface area (Å²) in [6, 6.07) is 0. The van der Waals surface area contributed by atoms with Crippen molar-refractivity contribution in [3.63, 3.8) is 0 Å². The van der Waals surface area contributed by atoms with Crippen LogP contribution in [0.5, 0.6) is 0 Å². The predicted octanol–water partition coefficient (Wildman–Crippen LogP) is 1.33. The number of epoxide rings is 2. The van der Waals surface area contributed by atoms with E-state index in [4.69, 9.17) is 18.9 Å². The van der Waals surface area contributed by atoms with Crippen molar-refractivity contribution in [1.29, 1.82) is 0 Å². The molecule has 17 heavy (non-hydrogen) atoms. The van der Waals surface area contributed by atoms with E-state index in [1.54, 1.807) is 0 Å². The minimum Gasteiger partial charge on any atom is -0.377 e. The molecule has 2 saturated heterocycles. The van der Waals surface area contributed by atoms with Gasteiger partial charge >= 0.3 is 0 Å². The monoisotopic (exact) mass is 262 g/mol. The first kappa shape index (κ1) is 13.6. The Hall–Kier alpha value is 0.190. The first-order valence-corrected chi connectivity index (χ1v) is 7.23. The predicted molar refractivity (Wildman–Crippen MR) is 67.7 cm³/mol. The number of ether oxygens (including phenoxy) is 4. The first-order chi connectivity index (χ1) is 8.22. The van der Waals surface area contributed by atoms with E-state index in [0.717, 1.165) is 32.2 Å². The van der Waals surface area contributed by atoms with Crippen molar-refractivity contribution in [2.45, 2.75) is 30.8 Å². The summed E-state index contributed by atoms with van der Waals surface area (Å²) in [5.41, 5.74) is 0. The number of thioether (sulfide) groups is 1. The zero-order chi connectivity index (χ0) is 12.1. The van der Waals surface area contributed by atoms with E-state index in [0.29, 0.717) is 25.4 Å². The molecule has 2 aliphatic rings.